The van der Waals surface area contributed by atoms with E-state index in [9.17, 15) is 10.2 Å². The summed E-state index contributed by atoms with van der Waals surface area (Å²) in [6, 6.07) is 19.4. The molecule has 0 aliphatic heterocycles. The topological polar surface area (TPSA) is 70.1 Å². The maximum Gasteiger partial charge on any atom is 0.206 e. The molecule has 0 bridgehead atoms. The molecule has 4 aromatic rings. The molecule has 0 spiro atoms. The summed E-state index contributed by atoms with van der Waals surface area (Å²) in [4.78, 5) is 5.91. The van der Waals surface area contributed by atoms with Gasteiger partial charge in [-0.1, -0.05) is 61.7 Å². The van der Waals surface area contributed by atoms with Crippen molar-refractivity contribution in [1.82, 2.24) is 4.68 Å². The van der Waals surface area contributed by atoms with Crippen LogP contribution in [0.5, 0.6) is 11.5 Å². The third-order valence-electron chi connectivity index (χ3n) is 5.94. The van der Waals surface area contributed by atoms with Gasteiger partial charge >= 0.3 is 0 Å². The lowest BCUT2D eigenvalue weighted by Gasteiger charge is -2.17. The molecule has 2 N–H and O–H groups in total. The van der Waals surface area contributed by atoms with Gasteiger partial charge in [0.05, 0.1) is 18.0 Å². The van der Waals surface area contributed by atoms with Crippen molar-refractivity contribution in [2.75, 3.05) is 0 Å². The molecule has 1 aliphatic rings. The van der Waals surface area contributed by atoms with Gasteiger partial charge in [-0.3, -0.25) is 4.99 Å². The fourth-order valence-electron chi connectivity index (χ4n) is 4.26. The minimum absolute atomic E-state index is 0.0120. The van der Waals surface area contributed by atoms with Crippen LogP contribution in [0.15, 0.2) is 76.1 Å². The number of thiazole rings is 1. The third-order valence-corrected chi connectivity index (χ3v) is 6.78. The van der Waals surface area contributed by atoms with Crippen LogP contribution in [-0.2, 0) is 0 Å². The minimum Gasteiger partial charge on any atom is -0.508 e. The summed E-state index contributed by atoms with van der Waals surface area (Å²) in [5.41, 5.74) is 2.60. The quantitative estimate of drug-likeness (QED) is 0.386. The molecule has 0 amide bonds. The molecule has 5 nitrogen and oxygen atoms in total. The fraction of sp³-hybridized carbons (Fsp3) is 0.231. The van der Waals surface area contributed by atoms with Crippen LogP contribution < -0.4 is 4.80 Å². The Balaban J connectivity index is 1.65. The molecule has 162 valence electrons. The lowest BCUT2D eigenvalue weighted by atomic mass is 9.96. The van der Waals surface area contributed by atoms with E-state index in [0.717, 1.165) is 34.3 Å². The highest BCUT2D eigenvalue weighted by molar-refractivity contribution is 7.07. The van der Waals surface area contributed by atoms with Crippen LogP contribution in [0.25, 0.3) is 22.0 Å². The van der Waals surface area contributed by atoms with Crippen LogP contribution in [0.1, 0.15) is 37.7 Å². The first-order valence-corrected chi connectivity index (χ1v) is 11.9. The first kappa shape index (κ1) is 20.5. The average molecular weight is 444 g/mol. The van der Waals surface area contributed by atoms with Crippen LogP contribution in [-0.4, -0.2) is 27.1 Å². The van der Waals surface area contributed by atoms with Crippen LogP contribution in [0.2, 0.25) is 0 Å². The molecule has 0 atom stereocenters. The van der Waals surface area contributed by atoms with E-state index in [1.807, 2.05) is 16.8 Å². The maximum atomic E-state index is 10.2. The molecule has 1 fully saturated rings. The van der Waals surface area contributed by atoms with Gasteiger partial charge in [-0.2, -0.15) is 5.10 Å². The number of aromatic hydroxyl groups is 2. The molecule has 1 heterocycles. The first-order valence-electron chi connectivity index (χ1n) is 11.0. The Morgan fingerprint density at radius 1 is 0.938 bits per heavy atom. The Morgan fingerprint density at radius 3 is 2.59 bits per heavy atom. The summed E-state index contributed by atoms with van der Waals surface area (Å²) in [5, 5.41) is 29.0. The Hall–Kier alpha value is -3.38. The molecule has 1 aromatic heterocycles. The van der Waals surface area contributed by atoms with Crippen molar-refractivity contribution in [3.8, 4) is 22.8 Å². The van der Waals surface area contributed by atoms with E-state index in [4.69, 9.17) is 10.1 Å². The molecule has 6 heteroatoms. The van der Waals surface area contributed by atoms with Crippen molar-refractivity contribution in [3.05, 3.63) is 76.4 Å². The van der Waals surface area contributed by atoms with E-state index in [1.165, 1.54) is 36.8 Å². The highest BCUT2D eigenvalue weighted by atomic mass is 32.1. The van der Waals surface area contributed by atoms with E-state index >= 15 is 0 Å². The number of phenolic OH excluding ortho intramolecular Hbond substituents is 2. The summed E-state index contributed by atoms with van der Waals surface area (Å²) >= 11 is 1.60. The maximum absolute atomic E-state index is 10.2. The van der Waals surface area contributed by atoms with Gasteiger partial charge in [0.1, 0.15) is 11.5 Å². The molecule has 1 aliphatic carbocycles. The van der Waals surface area contributed by atoms with Crippen LogP contribution >= 0.6 is 11.3 Å². The molecule has 5 rings (SSSR count). The number of benzene rings is 3. The van der Waals surface area contributed by atoms with Crippen molar-refractivity contribution in [2.45, 2.75) is 38.1 Å². The molecular weight excluding hydrogens is 418 g/mol. The number of hydrogen-bond acceptors (Lipinski definition) is 5. The Kier molecular flexibility index (Phi) is 5.77. The standard InChI is InChI=1S/C26H25N3O2S/c30-21-14-13-19(25(31)15-21)16-27-29-24(17-32-26(29)28-20-9-2-1-3-10-20)23-12-6-8-18-7-4-5-11-22(18)23/h4-8,11-17,20,30-31H,1-3,9-10H2. The van der Waals surface area contributed by atoms with E-state index in [0.29, 0.717) is 11.6 Å². The van der Waals surface area contributed by atoms with Crippen molar-refractivity contribution < 1.29 is 10.2 Å². The highest BCUT2D eigenvalue weighted by Gasteiger charge is 2.15. The van der Waals surface area contributed by atoms with Gasteiger partial charge in [0.25, 0.3) is 0 Å². The zero-order valence-electron chi connectivity index (χ0n) is 17.7. The van der Waals surface area contributed by atoms with Gasteiger partial charge < -0.3 is 10.2 Å². The Morgan fingerprint density at radius 2 is 1.75 bits per heavy atom. The van der Waals surface area contributed by atoms with Gasteiger partial charge in [0.15, 0.2) is 0 Å². The predicted molar refractivity (Wildman–Crippen MR) is 130 cm³/mol. The second-order valence-corrected chi connectivity index (χ2v) is 8.99. The number of rotatable bonds is 4. The van der Waals surface area contributed by atoms with E-state index in [2.05, 4.69) is 35.7 Å². The molecular formula is C26H25N3O2S. The zero-order valence-corrected chi connectivity index (χ0v) is 18.5. The number of phenols is 2. The smallest absolute Gasteiger partial charge is 0.206 e. The van der Waals surface area contributed by atoms with Gasteiger partial charge in [-0.25, -0.2) is 4.68 Å². The second-order valence-electron chi connectivity index (χ2n) is 8.15. The lowest BCUT2D eigenvalue weighted by Crippen LogP contribution is -2.19. The van der Waals surface area contributed by atoms with Gasteiger partial charge in [0.2, 0.25) is 4.80 Å². The van der Waals surface area contributed by atoms with Crippen molar-refractivity contribution in [3.63, 3.8) is 0 Å². The fourth-order valence-corrected chi connectivity index (χ4v) is 5.16. The number of aromatic nitrogens is 1. The molecule has 3 aromatic carbocycles. The van der Waals surface area contributed by atoms with Crippen LogP contribution in [0.4, 0.5) is 0 Å². The van der Waals surface area contributed by atoms with E-state index in [-0.39, 0.29) is 11.5 Å². The van der Waals surface area contributed by atoms with Crippen LogP contribution in [0, 0.1) is 0 Å². The third kappa shape index (κ3) is 4.18. The summed E-state index contributed by atoms with van der Waals surface area (Å²) < 4.78 is 1.88. The van der Waals surface area contributed by atoms with Gasteiger partial charge in [-0.05, 0) is 35.7 Å². The summed E-state index contributed by atoms with van der Waals surface area (Å²) in [6.45, 7) is 0. The first-order chi connectivity index (χ1) is 15.7. The largest absolute Gasteiger partial charge is 0.508 e. The number of fused-ring (bicyclic) bond motifs is 1. The van der Waals surface area contributed by atoms with Crippen molar-refractivity contribution in [2.24, 2.45) is 10.1 Å². The SMILES string of the molecule is Oc1ccc(C=Nn2c(-c3cccc4ccccc34)csc2=NC2CCCCC2)c(O)c1. The average Bonchev–Trinajstić information content (AvgIpc) is 3.21. The van der Waals surface area contributed by atoms with E-state index < -0.39 is 0 Å². The molecule has 0 unspecified atom stereocenters. The summed E-state index contributed by atoms with van der Waals surface area (Å²) in [6.07, 6.45) is 7.58. The summed E-state index contributed by atoms with van der Waals surface area (Å²) in [5.74, 6) is 0.00864. The summed E-state index contributed by atoms with van der Waals surface area (Å²) in [7, 11) is 0. The normalized spacial score (nSPS) is 15.7. The molecule has 0 radical (unpaired) electrons. The minimum atomic E-state index is -0.0120. The predicted octanol–water partition coefficient (Wildman–Crippen LogP) is 5.90. The van der Waals surface area contributed by atoms with Crippen molar-refractivity contribution >= 4 is 28.3 Å². The highest BCUT2D eigenvalue weighted by Crippen LogP contribution is 2.29. The molecule has 32 heavy (non-hydrogen) atoms. The van der Waals surface area contributed by atoms with Gasteiger partial charge in [0, 0.05) is 22.6 Å². The number of nitrogens with zero attached hydrogens (tertiary/aromatic N) is 3. The monoisotopic (exact) mass is 443 g/mol. The Bertz CT molecular complexity index is 1340. The lowest BCUT2D eigenvalue weighted by molar-refractivity contribution is 0.435. The number of hydrogen-bond donors (Lipinski definition) is 2. The Labute approximate surface area is 190 Å². The zero-order chi connectivity index (χ0) is 21.9. The van der Waals surface area contributed by atoms with Crippen LogP contribution in [0.3, 0.4) is 0 Å². The molecule has 1 saturated carbocycles. The van der Waals surface area contributed by atoms with Crippen molar-refractivity contribution in [1.29, 1.82) is 0 Å². The van der Waals surface area contributed by atoms with Gasteiger partial charge in [-0.15, -0.1) is 11.3 Å². The van der Waals surface area contributed by atoms with E-state index in [1.54, 1.807) is 23.6 Å². The molecule has 0 saturated heterocycles. The second kappa shape index (κ2) is 9.01.